The van der Waals surface area contributed by atoms with Crippen LogP contribution in [0.2, 0.25) is 0 Å². The molecule has 0 radical (unpaired) electrons. The first-order valence-electron chi connectivity index (χ1n) is 8.97. The summed E-state index contributed by atoms with van der Waals surface area (Å²) in [5.41, 5.74) is 4.51. The monoisotopic (exact) mass is 457 g/mol. The van der Waals surface area contributed by atoms with Crippen LogP contribution in [-0.2, 0) is 22.7 Å². The van der Waals surface area contributed by atoms with Crippen LogP contribution in [0.15, 0.2) is 53.2 Å². The molecule has 0 amide bonds. The van der Waals surface area contributed by atoms with E-state index in [4.69, 9.17) is 5.73 Å². The van der Waals surface area contributed by atoms with Gasteiger partial charge in [-0.2, -0.15) is 13.2 Å². The minimum absolute atomic E-state index is 0.0232. The molecular formula is C19H19F4N5O2S. The molecule has 12 heteroatoms. The van der Waals surface area contributed by atoms with E-state index < -0.39 is 34.1 Å². The van der Waals surface area contributed by atoms with Crippen molar-refractivity contribution in [1.29, 1.82) is 0 Å². The van der Waals surface area contributed by atoms with Crippen molar-refractivity contribution in [2.45, 2.75) is 17.6 Å². The Hall–Kier alpha value is -2.83. The van der Waals surface area contributed by atoms with Crippen LogP contribution in [0, 0.1) is 0 Å². The fourth-order valence-electron chi connectivity index (χ4n) is 2.94. The van der Waals surface area contributed by atoms with E-state index in [-0.39, 0.29) is 33.6 Å². The second kappa shape index (κ2) is 8.36. The van der Waals surface area contributed by atoms with Crippen LogP contribution in [0.5, 0.6) is 0 Å². The number of benzene rings is 2. The van der Waals surface area contributed by atoms with Gasteiger partial charge in [0.2, 0.25) is 10.0 Å². The normalized spacial score (nSPS) is 13.4. The van der Waals surface area contributed by atoms with Gasteiger partial charge in [0, 0.05) is 26.2 Å². The van der Waals surface area contributed by atoms with E-state index in [2.05, 4.69) is 10.3 Å². The smallest absolute Gasteiger partial charge is 0.327 e. The van der Waals surface area contributed by atoms with Gasteiger partial charge in [0.15, 0.2) is 0 Å². The number of hydrogen-bond donors (Lipinski definition) is 1. The number of hydrogen-bond acceptors (Lipinski definition) is 5. The van der Waals surface area contributed by atoms with E-state index in [1.807, 2.05) is 0 Å². The predicted octanol–water partition coefficient (Wildman–Crippen LogP) is 3.18. The largest absolute Gasteiger partial charge is 0.416 e. The topological polar surface area (TPSA) is 94.1 Å². The van der Waals surface area contributed by atoms with E-state index in [1.165, 1.54) is 38.4 Å². The molecule has 0 saturated carbocycles. The Morgan fingerprint density at radius 3 is 2.55 bits per heavy atom. The van der Waals surface area contributed by atoms with Gasteiger partial charge in [0.1, 0.15) is 11.3 Å². The highest BCUT2D eigenvalue weighted by Gasteiger charge is 2.32. The second-order valence-corrected chi connectivity index (χ2v) is 8.99. The number of rotatable bonds is 6. The third kappa shape index (κ3) is 4.60. The van der Waals surface area contributed by atoms with Crippen LogP contribution < -0.4 is 5.73 Å². The average Bonchev–Trinajstić information content (AvgIpc) is 3.09. The molecule has 0 aliphatic rings. The zero-order chi connectivity index (χ0) is 23.0. The number of aromatic nitrogens is 3. The molecule has 1 heterocycles. The first kappa shape index (κ1) is 22.8. The van der Waals surface area contributed by atoms with Crippen molar-refractivity contribution in [2.24, 2.45) is 5.73 Å². The zero-order valence-corrected chi connectivity index (χ0v) is 17.4. The van der Waals surface area contributed by atoms with Crippen LogP contribution >= 0.6 is 0 Å². The average molecular weight is 457 g/mol. The van der Waals surface area contributed by atoms with E-state index in [0.29, 0.717) is 0 Å². The van der Waals surface area contributed by atoms with Gasteiger partial charge in [-0.25, -0.2) is 21.8 Å². The molecule has 2 N–H and O–H groups in total. The summed E-state index contributed by atoms with van der Waals surface area (Å²) >= 11 is 0. The van der Waals surface area contributed by atoms with Gasteiger partial charge >= 0.3 is 6.18 Å². The number of allylic oxidation sites excluding steroid dienone is 1. The molecule has 0 atom stereocenters. The molecule has 7 nitrogen and oxygen atoms in total. The summed E-state index contributed by atoms with van der Waals surface area (Å²) in [7, 11) is -1.12. The number of halogens is 4. The molecule has 3 aromatic rings. The quantitative estimate of drug-likeness (QED) is 0.574. The van der Waals surface area contributed by atoms with Crippen LogP contribution in [0.3, 0.4) is 0 Å². The summed E-state index contributed by atoms with van der Waals surface area (Å²) in [4.78, 5) is -0.0927. The lowest BCUT2D eigenvalue weighted by atomic mass is 10.0. The van der Waals surface area contributed by atoms with E-state index in [0.717, 1.165) is 27.2 Å². The highest BCUT2D eigenvalue weighted by atomic mass is 32.2. The number of nitrogens with two attached hydrogens (primary N) is 1. The third-order valence-corrected chi connectivity index (χ3v) is 6.32. The van der Waals surface area contributed by atoms with E-state index >= 15 is 0 Å². The van der Waals surface area contributed by atoms with Gasteiger partial charge in [-0.05, 0) is 35.9 Å². The molecule has 0 saturated heterocycles. The summed E-state index contributed by atoms with van der Waals surface area (Å²) < 4.78 is 81.5. The lowest BCUT2D eigenvalue weighted by Crippen LogP contribution is -2.22. The van der Waals surface area contributed by atoms with E-state index in [1.54, 1.807) is 0 Å². The Morgan fingerprint density at radius 1 is 1.23 bits per heavy atom. The van der Waals surface area contributed by atoms with Crippen LogP contribution in [0.25, 0.3) is 22.2 Å². The zero-order valence-electron chi connectivity index (χ0n) is 16.6. The molecule has 31 heavy (non-hydrogen) atoms. The molecule has 3 rings (SSSR count). The molecule has 0 aliphatic heterocycles. The lowest BCUT2D eigenvalue weighted by Gasteiger charge is -2.14. The highest BCUT2D eigenvalue weighted by molar-refractivity contribution is 7.89. The van der Waals surface area contributed by atoms with Crippen molar-refractivity contribution >= 4 is 21.1 Å². The number of fused-ring (bicyclic) bond motifs is 1. The maximum absolute atomic E-state index is 13.9. The maximum atomic E-state index is 13.9. The molecule has 0 fully saturated rings. The van der Waals surface area contributed by atoms with Crippen molar-refractivity contribution in [1.82, 2.24) is 19.3 Å². The van der Waals surface area contributed by atoms with Crippen molar-refractivity contribution in [3.05, 3.63) is 53.9 Å². The van der Waals surface area contributed by atoms with Gasteiger partial charge in [-0.3, -0.25) is 0 Å². The summed E-state index contributed by atoms with van der Waals surface area (Å²) in [5.74, 6) is -0.674. The number of sulfonamides is 1. The lowest BCUT2D eigenvalue weighted by molar-refractivity contribution is -0.137. The molecule has 0 spiro atoms. The molecule has 0 unspecified atom stereocenters. The van der Waals surface area contributed by atoms with Crippen LogP contribution in [-0.4, -0.2) is 48.4 Å². The minimum atomic E-state index is -4.70. The Kier molecular flexibility index (Phi) is 6.16. The number of alkyl halides is 3. The Bertz CT molecular complexity index is 1250. The fourth-order valence-corrected chi connectivity index (χ4v) is 3.89. The molecule has 0 aliphatic carbocycles. The summed E-state index contributed by atoms with van der Waals surface area (Å²) in [6.07, 6.45) is -3.62. The Morgan fingerprint density at radius 2 is 1.94 bits per heavy atom. The second-order valence-electron chi connectivity index (χ2n) is 6.84. The van der Waals surface area contributed by atoms with Crippen molar-refractivity contribution < 1.29 is 26.0 Å². The van der Waals surface area contributed by atoms with Crippen molar-refractivity contribution in [2.75, 3.05) is 20.6 Å². The van der Waals surface area contributed by atoms with Gasteiger partial charge < -0.3 is 5.73 Å². The summed E-state index contributed by atoms with van der Waals surface area (Å²) in [6.45, 7) is -0.520. The Labute approximate surface area is 175 Å². The third-order valence-electron chi connectivity index (χ3n) is 4.51. The van der Waals surface area contributed by atoms with Gasteiger partial charge in [0.25, 0.3) is 0 Å². The van der Waals surface area contributed by atoms with Crippen LogP contribution in [0.4, 0.5) is 17.6 Å². The maximum Gasteiger partial charge on any atom is 0.416 e. The molecular weight excluding hydrogens is 438 g/mol. The highest BCUT2D eigenvalue weighted by Crippen LogP contribution is 2.37. The fraction of sp³-hybridized carbons (Fsp3) is 0.263. The molecule has 2 aromatic carbocycles. The minimum Gasteiger partial charge on any atom is -0.327 e. The van der Waals surface area contributed by atoms with Crippen LogP contribution in [0.1, 0.15) is 5.56 Å². The Balaban J connectivity index is 2.26. The van der Waals surface area contributed by atoms with E-state index in [9.17, 15) is 26.0 Å². The molecule has 0 bridgehead atoms. The van der Waals surface area contributed by atoms with Crippen molar-refractivity contribution in [3.63, 3.8) is 0 Å². The van der Waals surface area contributed by atoms with Crippen molar-refractivity contribution in [3.8, 4) is 11.1 Å². The standard InChI is InChI=1S/C19H19F4N5O2S/c1-27(2)31(29,30)15-5-3-4-12(8-15)16-9-13(19(21,22)23)10-17-18(16)25-26-28(17)11-14(20)6-7-24/h3-6,8-10H,7,11,24H2,1-2H3/b14-6-. The predicted molar refractivity (Wildman–Crippen MR) is 107 cm³/mol. The number of nitrogens with zero attached hydrogens (tertiary/aromatic N) is 4. The van der Waals surface area contributed by atoms with Gasteiger partial charge in [-0.15, -0.1) is 5.10 Å². The van der Waals surface area contributed by atoms with Gasteiger partial charge in [0.05, 0.1) is 22.5 Å². The van der Waals surface area contributed by atoms with Gasteiger partial charge in [-0.1, -0.05) is 17.3 Å². The molecule has 166 valence electrons. The SMILES string of the molecule is CN(C)S(=O)(=O)c1cccc(-c2cc(C(F)(F)F)cc3c2nnn3C/C(F)=C/CN)c1. The first-order chi connectivity index (χ1) is 14.4. The summed E-state index contributed by atoms with van der Waals surface area (Å²) in [6, 6.07) is 7.19. The summed E-state index contributed by atoms with van der Waals surface area (Å²) in [5, 5.41) is 7.70. The molecule has 1 aromatic heterocycles. The first-order valence-corrected chi connectivity index (χ1v) is 10.4.